The number of esters is 1. The van der Waals surface area contributed by atoms with E-state index in [1.807, 2.05) is 37.3 Å². The van der Waals surface area contributed by atoms with Gasteiger partial charge in [0.1, 0.15) is 5.82 Å². The average Bonchev–Trinajstić information content (AvgIpc) is 2.41. The van der Waals surface area contributed by atoms with Gasteiger partial charge in [0.15, 0.2) is 0 Å². The molecule has 92 valence electrons. The standard InChI is InChI=1S/C13H13N3O2/c1-8-10(9-6-4-3-5-7-9)15-12(13(17)18-2)16-11(8)14/h3-7H,1-2H3,(H2,14,15,16). The number of nitrogens with zero attached hydrogens (tertiary/aromatic N) is 2. The first-order valence-corrected chi connectivity index (χ1v) is 5.41. The molecule has 0 saturated carbocycles. The van der Waals surface area contributed by atoms with Crippen LogP contribution in [0.3, 0.4) is 0 Å². The minimum atomic E-state index is -0.598. The molecule has 0 aliphatic rings. The van der Waals surface area contributed by atoms with E-state index >= 15 is 0 Å². The van der Waals surface area contributed by atoms with Crippen LogP contribution in [0.2, 0.25) is 0 Å². The van der Waals surface area contributed by atoms with E-state index in [0.29, 0.717) is 5.69 Å². The largest absolute Gasteiger partial charge is 0.463 e. The van der Waals surface area contributed by atoms with Crippen LogP contribution in [0.15, 0.2) is 30.3 Å². The maximum absolute atomic E-state index is 11.5. The van der Waals surface area contributed by atoms with E-state index in [9.17, 15) is 4.79 Å². The summed E-state index contributed by atoms with van der Waals surface area (Å²) in [4.78, 5) is 19.6. The Balaban J connectivity index is 2.60. The molecule has 2 N–H and O–H groups in total. The Labute approximate surface area is 105 Å². The van der Waals surface area contributed by atoms with Crippen molar-refractivity contribution < 1.29 is 9.53 Å². The lowest BCUT2D eigenvalue weighted by Gasteiger charge is -2.09. The lowest BCUT2D eigenvalue weighted by Crippen LogP contribution is -2.11. The first-order chi connectivity index (χ1) is 8.63. The summed E-state index contributed by atoms with van der Waals surface area (Å²) < 4.78 is 4.60. The summed E-state index contributed by atoms with van der Waals surface area (Å²) >= 11 is 0. The van der Waals surface area contributed by atoms with Gasteiger partial charge in [-0.15, -0.1) is 0 Å². The number of carbonyl (C=O) groups excluding carboxylic acids is 1. The Morgan fingerprint density at radius 2 is 1.89 bits per heavy atom. The molecule has 0 radical (unpaired) electrons. The van der Waals surface area contributed by atoms with Gasteiger partial charge in [0.05, 0.1) is 12.8 Å². The fourth-order valence-corrected chi connectivity index (χ4v) is 1.59. The molecule has 0 atom stereocenters. The first kappa shape index (κ1) is 12.0. The van der Waals surface area contributed by atoms with E-state index < -0.39 is 5.97 Å². The highest BCUT2D eigenvalue weighted by atomic mass is 16.5. The minimum Gasteiger partial charge on any atom is -0.463 e. The smallest absolute Gasteiger partial charge is 0.376 e. The van der Waals surface area contributed by atoms with Crippen LogP contribution < -0.4 is 5.73 Å². The van der Waals surface area contributed by atoms with Gasteiger partial charge in [-0.05, 0) is 6.92 Å². The summed E-state index contributed by atoms with van der Waals surface area (Å²) in [5, 5.41) is 0. The molecule has 5 heteroatoms. The Kier molecular flexibility index (Phi) is 3.23. The van der Waals surface area contributed by atoms with Gasteiger partial charge in [-0.25, -0.2) is 14.8 Å². The SMILES string of the molecule is COC(=O)c1nc(N)c(C)c(-c2ccccc2)n1. The second kappa shape index (κ2) is 4.83. The Morgan fingerprint density at radius 3 is 2.50 bits per heavy atom. The normalized spacial score (nSPS) is 10.1. The molecule has 18 heavy (non-hydrogen) atoms. The molecule has 0 spiro atoms. The molecule has 0 aliphatic heterocycles. The van der Waals surface area contributed by atoms with Crippen molar-refractivity contribution in [3.63, 3.8) is 0 Å². The van der Waals surface area contributed by atoms with Crippen LogP contribution in [-0.4, -0.2) is 23.0 Å². The molecule has 1 heterocycles. The van der Waals surface area contributed by atoms with Crippen LogP contribution >= 0.6 is 0 Å². The first-order valence-electron chi connectivity index (χ1n) is 5.41. The van der Waals surface area contributed by atoms with Crippen molar-refractivity contribution in [3.8, 4) is 11.3 Å². The topological polar surface area (TPSA) is 78.1 Å². The van der Waals surface area contributed by atoms with Crippen LogP contribution in [0.5, 0.6) is 0 Å². The highest BCUT2D eigenvalue weighted by Gasteiger charge is 2.15. The second-order valence-electron chi connectivity index (χ2n) is 3.76. The summed E-state index contributed by atoms with van der Waals surface area (Å²) in [6, 6.07) is 9.49. The van der Waals surface area contributed by atoms with E-state index in [1.165, 1.54) is 7.11 Å². The number of benzene rings is 1. The number of hydrogen-bond acceptors (Lipinski definition) is 5. The Hall–Kier alpha value is -2.43. The number of nitrogen functional groups attached to an aromatic ring is 1. The average molecular weight is 243 g/mol. The van der Waals surface area contributed by atoms with E-state index in [4.69, 9.17) is 5.73 Å². The fraction of sp³-hybridized carbons (Fsp3) is 0.154. The van der Waals surface area contributed by atoms with Crippen molar-refractivity contribution in [2.75, 3.05) is 12.8 Å². The van der Waals surface area contributed by atoms with Crippen LogP contribution in [0.1, 0.15) is 16.2 Å². The highest BCUT2D eigenvalue weighted by molar-refractivity contribution is 5.86. The zero-order chi connectivity index (χ0) is 13.1. The number of carbonyl (C=O) groups is 1. The summed E-state index contributed by atoms with van der Waals surface area (Å²) in [5.41, 5.74) is 8.06. The molecule has 2 rings (SSSR count). The molecule has 0 unspecified atom stereocenters. The third kappa shape index (κ3) is 2.15. The van der Waals surface area contributed by atoms with Gasteiger partial charge in [-0.1, -0.05) is 30.3 Å². The summed E-state index contributed by atoms with van der Waals surface area (Å²) in [6.45, 7) is 1.82. The van der Waals surface area contributed by atoms with Gasteiger partial charge in [0.25, 0.3) is 0 Å². The monoisotopic (exact) mass is 243 g/mol. The van der Waals surface area contributed by atoms with Crippen molar-refractivity contribution >= 4 is 11.8 Å². The van der Waals surface area contributed by atoms with Crippen LogP contribution in [0, 0.1) is 6.92 Å². The number of hydrogen-bond donors (Lipinski definition) is 1. The minimum absolute atomic E-state index is 0.0283. The molecule has 0 bridgehead atoms. The summed E-state index contributed by atoms with van der Waals surface area (Å²) in [5.74, 6) is -0.345. The molecule has 0 saturated heterocycles. The number of anilines is 1. The third-order valence-corrected chi connectivity index (χ3v) is 2.60. The van der Waals surface area contributed by atoms with Gasteiger partial charge in [0.2, 0.25) is 5.82 Å². The van der Waals surface area contributed by atoms with E-state index in [2.05, 4.69) is 14.7 Å². The van der Waals surface area contributed by atoms with Gasteiger partial charge in [0, 0.05) is 11.1 Å². The molecule has 2 aromatic rings. The molecule has 5 nitrogen and oxygen atoms in total. The van der Waals surface area contributed by atoms with Gasteiger partial charge < -0.3 is 10.5 Å². The van der Waals surface area contributed by atoms with E-state index in [0.717, 1.165) is 11.1 Å². The van der Waals surface area contributed by atoms with Crippen LogP contribution in [-0.2, 0) is 4.74 Å². The lowest BCUT2D eigenvalue weighted by molar-refractivity contribution is 0.0587. The molecule has 0 aliphatic carbocycles. The van der Waals surface area contributed by atoms with Crippen molar-refractivity contribution in [1.29, 1.82) is 0 Å². The Morgan fingerprint density at radius 1 is 1.22 bits per heavy atom. The Bertz CT molecular complexity index is 582. The second-order valence-corrected chi connectivity index (χ2v) is 3.76. The number of aromatic nitrogens is 2. The van der Waals surface area contributed by atoms with Crippen molar-refractivity contribution in [3.05, 3.63) is 41.7 Å². The lowest BCUT2D eigenvalue weighted by atomic mass is 10.1. The van der Waals surface area contributed by atoms with E-state index in [1.54, 1.807) is 0 Å². The number of nitrogens with two attached hydrogens (primary N) is 1. The van der Waals surface area contributed by atoms with Crippen molar-refractivity contribution in [2.24, 2.45) is 0 Å². The summed E-state index contributed by atoms with van der Waals surface area (Å²) in [6.07, 6.45) is 0. The van der Waals surface area contributed by atoms with Crippen LogP contribution in [0.4, 0.5) is 5.82 Å². The van der Waals surface area contributed by atoms with Crippen molar-refractivity contribution in [1.82, 2.24) is 9.97 Å². The zero-order valence-corrected chi connectivity index (χ0v) is 10.2. The van der Waals surface area contributed by atoms with Crippen molar-refractivity contribution in [2.45, 2.75) is 6.92 Å². The predicted molar refractivity (Wildman–Crippen MR) is 68.0 cm³/mol. The maximum atomic E-state index is 11.5. The third-order valence-electron chi connectivity index (χ3n) is 2.60. The quantitative estimate of drug-likeness (QED) is 0.814. The van der Waals surface area contributed by atoms with E-state index in [-0.39, 0.29) is 11.6 Å². The number of ether oxygens (including phenoxy) is 1. The molecular formula is C13H13N3O2. The fourth-order valence-electron chi connectivity index (χ4n) is 1.59. The zero-order valence-electron chi connectivity index (χ0n) is 10.2. The summed E-state index contributed by atoms with van der Waals surface area (Å²) in [7, 11) is 1.28. The predicted octanol–water partition coefficient (Wildman–Crippen LogP) is 1.82. The molecule has 1 aromatic carbocycles. The number of rotatable bonds is 2. The maximum Gasteiger partial charge on any atom is 0.376 e. The number of methoxy groups -OCH3 is 1. The molecule has 0 amide bonds. The van der Waals surface area contributed by atoms with Crippen LogP contribution in [0.25, 0.3) is 11.3 Å². The molecular weight excluding hydrogens is 230 g/mol. The van der Waals surface area contributed by atoms with Gasteiger partial charge in [-0.3, -0.25) is 0 Å². The van der Waals surface area contributed by atoms with Gasteiger partial charge >= 0.3 is 5.97 Å². The van der Waals surface area contributed by atoms with Gasteiger partial charge in [-0.2, -0.15) is 0 Å². The molecule has 0 fully saturated rings. The highest BCUT2D eigenvalue weighted by Crippen LogP contribution is 2.24. The molecule has 1 aromatic heterocycles.